The van der Waals surface area contributed by atoms with Crippen molar-refractivity contribution >= 4 is 69.7 Å². The Morgan fingerprint density at radius 1 is 1.43 bits per heavy atom. The number of carboxylic acid groups (broad SMARTS) is 1. The number of rotatable bonds is 2. The van der Waals surface area contributed by atoms with Crippen molar-refractivity contribution in [1.82, 2.24) is 0 Å². The van der Waals surface area contributed by atoms with E-state index in [1.54, 1.807) is 0 Å². The second-order valence-corrected chi connectivity index (χ2v) is 12.1. The van der Waals surface area contributed by atoms with E-state index in [2.05, 4.69) is 63.7 Å². The predicted molar refractivity (Wildman–Crippen MR) is 70.7 cm³/mol. The fourth-order valence-corrected chi connectivity index (χ4v) is 3.99. The normalized spacial score (nSPS) is 32.4. The van der Waals surface area contributed by atoms with Gasteiger partial charge in [-0.05, 0) is 11.8 Å². The largest absolute Gasteiger partial charge is 0.481 e. The first-order chi connectivity index (χ1) is 6.06. The van der Waals surface area contributed by atoms with Gasteiger partial charge in [-0.1, -0.05) is 77.6 Å². The Balaban J connectivity index is 3.00. The average molecular weight is 458 g/mol. The molecule has 1 aliphatic carbocycles. The molecule has 0 radical (unpaired) electrons. The summed E-state index contributed by atoms with van der Waals surface area (Å²) in [6, 6.07) is 0. The summed E-state index contributed by atoms with van der Waals surface area (Å²) < 4.78 is -0.584. The van der Waals surface area contributed by atoms with Crippen LogP contribution in [0.3, 0.4) is 0 Å². The minimum absolute atomic E-state index is 0.173. The number of carboxylic acids is 1. The average Bonchev–Trinajstić information content (AvgIpc) is 2.51. The van der Waals surface area contributed by atoms with Gasteiger partial charge in [-0.25, -0.2) is 0 Å². The zero-order valence-corrected chi connectivity index (χ0v) is 14.0. The van der Waals surface area contributed by atoms with E-state index in [0.29, 0.717) is 6.42 Å². The van der Waals surface area contributed by atoms with Gasteiger partial charge in [0.2, 0.25) is 0 Å². The monoisotopic (exact) mass is 454 g/mol. The summed E-state index contributed by atoms with van der Waals surface area (Å²) in [5, 5.41) is 9.28. The highest BCUT2D eigenvalue weighted by atomic mass is 80.0. The van der Waals surface area contributed by atoms with Gasteiger partial charge in [0.25, 0.3) is 0 Å². The topological polar surface area (TPSA) is 37.3 Å². The zero-order valence-electron chi connectivity index (χ0n) is 7.65. The molecule has 2 unspecified atom stereocenters. The molecule has 0 amide bonds. The molecule has 2 nitrogen and oxygen atoms in total. The Morgan fingerprint density at radius 2 is 1.79 bits per heavy atom. The number of carbonyl (C=O) groups is 1. The maximum absolute atomic E-state index is 11.3. The molecule has 0 saturated heterocycles. The van der Waals surface area contributed by atoms with Gasteiger partial charge in [-0.3, -0.25) is 4.79 Å². The van der Waals surface area contributed by atoms with Crippen molar-refractivity contribution < 1.29 is 9.90 Å². The second-order valence-electron chi connectivity index (χ2n) is 4.24. The summed E-state index contributed by atoms with van der Waals surface area (Å²) in [6.45, 7) is 3.93. The van der Waals surface area contributed by atoms with Gasteiger partial charge in [0.05, 0.1) is 10.2 Å². The van der Waals surface area contributed by atoms with Gasteiger partial charge in [0, 0.05) is 0 Å². The van der Waals surface area contributed by atoms with Gasteiger partial charge in [-0.2, -0.15) is 0 Å². The van der Waals surface area contributed by atoms with Crippen molar-refractivity contribution in [2.75, 3.05) is 0 Å². The fourth-order valence-electron chi connectivity index (χ4n) is 1.84. The van der Waals surface area contributed by atoms with Crippen LogP contribution in [0.4, 0.5) is 0 Å². The third-order valence-electron chi connectivity index (χ3n) is 2.91. The lowest BCUT2D eigenvalue weighted by molar-refractivity contribution is -0.144. The van der Waals surface area contributed by atoms with E-state index in [4.69, 9.17) is 0 Å². The van der Waals surface area contributed by atoms with Crippen LogP contribution < -0.4 is 0 Å². The smallest absolute Gasteiger partial charge is 0.311 e. The molecule has 6 heteroatoms. The van der Waals surface area contributed by atoms with Crippen molar-refractivity contribution in [3.8, 4) is 0 Å². The van der Waals surface area contributed by atoms with Crippen molar-refractivity contribution in [3.63, 3.8) is 0 Å². The quantitative estimate of drug-likeness (QED) is 0.634. The minimum Gasteiger partial charge on any atom is -0.481 e. The molecule has 1 rings (SSSR count). The van der Waals surface area contributed by atoms with Crippen LogP contribution in [-0.2, 0) is 4.79 Å². The van der Waals surface area contributed by atoms with E-state index in [0.717, 1.165) is 0 Å². The molecule has 82 valence electrons. The molecule has 0 bridgehead atoms. The molecular formula is C8H10Br4O2. The molecule has 1 fully saturated rings. The van der Waals surface area contributed by atoms with Gasteiger partial charge in [-0.15, -0.1) is 0 Å². The summed E-state index contributed by atoms with van der Waals surface area (Å²) >= 11 is 13.5. The molecule has 0 aliphatic heterocycles. The number of hydrogen-bond donors (Lipinski definition) is 1. The Morgan fingerprint density at radius 3 is 1.86 bits per heavy atom. The highest BCUT2D eigenvalue weighted by Gasteiger charge is 2.72. The third kappa shape index (κ3) is 1.96. The van der Waals surface area contributed by atoms with Gasteiger partial charge >= 0.3 is 5.97 Å². The van der Waals surface area contributed by atoms with Crippen molar-refractivity contribution in [3.05, 3.63) is 0 Å². The maximum atomic E-state index is 11.3. The number of hydrogen-bond acceptors (Lipinski definition) is 1. The van der Waals surface area contributed by atoms with Crippen LogP contribution in [0.1, 0.15) is 20.3 Å². The summed E-state index contributed by atoms with van der Waals surface area (Å²) in [6.07, 6.45) is 0.676. The molecule has 0 aromatic carbocycles. The van der Waals surface area contributed by atoms with E-state index in [-0.39, 0.29) is 10.2 Å². The molecule has 0 aromatic heterocycles. The Labute approximate surface area is 117 Å². The molecule has 1 saturated carbocycles. The number of halogens is 4. The van der Waals surface area contributed by atoms with Crippen LogP contribution in [0.15, 0.2) is 0 Å². The van der Waals surface area contributed by atoms with Crippen molar-refractivity contribution in [2.24, 2.45) is 10.8 Å². The molecule has 1 N–H and O–H groups in total. The lowest BCUT2D eigenvalue weighted by Gasteiger charge is -2.28. The number of alkyl halides is 4. The van der Waals surface area contributed by atoms with Crippen LogP contribution in [-0.4, -0.2) is 18.0 Å². The molecule has 14 heavy (non-hydrogen) atoms. The molecule has 1 aliphatic rings. The first-order valence-electron chi connectivity index (χ1n) is 4.00. The summed E-state index contributed by atoms with van der Waals surface area (Å²) in [5.74, 6) is -0.757. The molecule has 2 atom stereocenters. The highest BCUT2D eigenvalue weighted by Crippen LogP contribution is 2.71. The fraction of sp³-hybridized carbons (Fsp3) is 0.875. The molecule has 0 aromatic rings. The van der Waals surface area contributed by atoms with Crippen molar-refractivity contribution in [1.29, 1.82) is 0 Å². The Kier molecular flexibility index (Phi) is 3.56. The Bertz CT molecular complexity index is 271. The third-order valence-corrected chi connectivity index (χ3v) is 7.59. The van der Waals surface area contributed by atoms with Gasteiger partial charge < -0.3 is 5.11 Å². The van der Waals surface area contributed by atoms with Gasteiger partial charge in [0.1, 0.15) is 2.14 Å². The van der Waals surface area contributed by atoms with E-state index in [1.165, 1.54) is 0 Å². The SMILES string of the molecule is CC1(C)CC1(C(=O)O)C(Br)C(Br)(Br)Br. The molecule has 0 heterocycles. The first-order valence-corrected chi connectivity index (χ1v) is 7.29. The van der Waals surface area contributed by atoms with Crippen LogP contribution in [0.5, 0.6) is 0 Å². The van der Waals surface area contributed by atoms with Crippen LogP contribution >= 0.6 is 63.7 Å². The molecular weight excluding hydrogens is 448 g/mol. The lowest BCUT2D eigenvalue weighted by atomic mass is 9.93. The Hall–Kier alpha value is 1.39. The standard InChI is InChI=1S/C8H10Br4O2/c1-6(2)3-7(6,5(13)14)4(9)8(10,11)12/h4H,3H2,1-2H3,(H,13,14). The van der Waals surface area contributed by atoms with Crippen LogP contribution in [0.25, 0.3) is 0 Å². The van der Waals surface area contributed by atoms with Crippen LogP contribution in [0, 0.1) is 10.8 Å². The van der Waals surface area contributed by atoms with E-state index < -0.39 is 13.5 Å². The van der Waals surface area contributed by atoms with E-state index >= 15 is 0 Å². The van der Waals surface area contributed by atoms with Crippen molar-refractivity contribution in [2.45, 2.75) is 27.2 Å². The lowest BCUT2D eigenvalue weighted by Crippen LogP contribution is -2.37. The minimum atomic E-state index is -0.757. The summed E-state index contributed by atoms with van der Waals surface area (Å²) in [5.41, 5.74) is -0.892. The molecule has 0 spiro atoms. The first kappa shape index (κ1) is 13.5. The maximum Gasteiger partial charge on any atom is 0.311 e. The highest BCUT2D eigenvalue weighted by molar-refractivity contribution is 9.40. The van der Waals surface area contributed by atoms with E-state index in [9.17, 15) is 9.90 Å². The predicted octanol–water partition coefficient (Wildman–Crippen LogP) is 4.09. The van der Waals surface area contributed by atoms with Crippen LogP contribution in [0.2, 0.25) is 0 Å². The van der Waals surface area contributed by atoms with E-state index in [1.807, 2.05) is 13.8 Å². The summed E-state index contributed by atoms with van der Waals surface area (Å²) in [7, 11) is 0. The zero-order chi connectivity index (χ0) is 11.4. The number of aliphatic carboxylic acids is 1. The second kappa shape index (κ2) is 3.70. The van der Waals surface area contributed by atoms with Gasteiger partial charge in [0.15, 0.2) is 0 Å². The summed E-state index contributed by atoms with van der Waals surface area (Å²) in [4.78, 5) is 11.1.